The largest absolute Gasteiger partial charge is 0.461 e. The van der Waals surface area contributed by atoms with Crippen molar-refractivity contribution in [2.45, 2.75) is 40.2 Å². The van der Waals surface area contributed by atoms with Crippen LogP contribution in [0.2, 0.25) is 0 Å². The average molecular weight is 441 g/mol. The van der Waals surface area contributed by atoms with Crippen LogP contribution in [0, 0.1) is 0 Å². The number of nitrogens with one attached hydrogen (secondary N) is 2. The van der Waals surface area contributed by atoms with Crippen molar-refractivity contribution in [2.75, 3.05) is 13.2 Å². The zero-order valence-corrected chi connectivity index (χ0v) is 17.0. The lowest BCUT2D eigenvalue weighted by Crippen LogP contribution is -2.13. The highest BCUT2D eigenvalue weighted by Gasteiger charge is 2.25. The molecule has 27 heavy (non-hydrogen) atoms. The van der Waals surface area contributed by atoms with E-state index in [1.807, 2.05) is 6.92 Å². The van der Waals surface area contributed by atoms with Gasteiger partial charge in [0.15, 0.2) is 0 Å². The Bertz CT molecular complexity index is 804. The van der Waals surface area contributed by atoms with Crippen LogP contribution in [0.25, 0.3) is 11.1 Å². The number of aromatic nitrogens is 1. The number of hydrogen-bond donors (Lipinski definition) is 5. The van der Waals surface area contributed by atoms with Crippen LogP contribution in [0.1, 0.15) is 46.7 Å². The molecular formula is C19H25BrN2O5. The molecule has 0 saturated carbocycles. The molecule has 0 radical (unpaired) electrons. The number of H-pyrrole nitrogens is 1. The maximum atomic E-state index is 12.3. The average Bonchev–Trinajstić information content (AvgIpc) is 3.01. The normalized spacial score (nSPS) is 11.0. The summed E-state index contributed by atoms with van der Waals surface area (Å²) >= 11 is 3.49. The lowest BCUT2D eigenvalue weighted by Gasteiger charge is -2.16. The molecule has 0 fully saturated rings. The van der Waals surface area contributed by atoms with E-state index in [4.69, 9.17) is 4.74 Å². The van der Waals surface area contributed by atoms with Crippen molar-refractivity contribution in [3.63, 3.8) is 0 Å². The molecule has 7 nitrogen and oxygen atoms in total. The highest BCUT2D eigenvalue weighted by atomic mass is 79.9. The van der Waals surface area contributed by atoms with Crippen LogP contribution in [0.5, 0.6) is 0 Å². The first kappa shape index (κ1) is 21.6. The summed E-state index contributed by atoms with van der Waals surface area (Å²) in [5, 5.41) is 32.4. The first-order chi connectivity index (χ1) is 13.0. The fraction of sp³-hybridized carbons (Fsp3) is 0.421. The highest BCUT2D eigenvalue weighted by molar-refractivity contribution is 9.10. The van der Waals surface area contributed by atoms with E-state index >= 15 is 0 Å². The van der Waals surface area contributed by atoms with Crippen molar-refractivity contribution in [3.8, 4) is 11.1 Å². The predicted octanol–water partition coefficient (Wildman–Crippen LogP) is 2.21. The number of ether oxygens (including phenoxy) is 1. The molecule has 0 spiro atoms. The molecule has 1 aromatic carbocycles. The fourth-order valence-corrected chi connectivity index (χ4v) is 3.75. The van der Waals surface area contributed by atoms with Gasteiger partial charge in [-0.15, -0.1) is 0 Å². The molecule has 0 saturated heterocycles. The topological polar surface area (TPSA) is 115 Å². The molecule has 0 aliphatic rings. The van der Waals surface area contributed by atoms with Crippen molar-refractivity contribution in [3.05, 3.63) is 44.7 Å². The van der Waals surface area contributed by atoms with E-state index in [0.29, 0.717) is 44.5 Å². The molecule has 2 rings (SSSR count). The fourth-order valence-electron chi connectivity index (χ4n) is 3.03. The van der Waals surface area contributed by atoms with E-state index in [-0.39, 0.29) is 26.4 Å². The molecule has 0 atom stereocenters. The Hall–Kier alpha value is -1.71. The number of aliphatic hydroxyl groups is 3. The standard InChI is InChI=1S/C19H25BrN2O5/c1-3-21-7-15-16(17(20)18(22-15)19(26)27-4-2)12-6-5-11(8-23)13(9-24)14(12)10-25/h5-6,21-25H,3-4,7-10H2,1-2H3. The minimum atomic E-state index is -0.478. The number of aliphatic hydroxyl groups excluding tert-OH is 3. The maximum Gasteiger partial charge on any atom is 0.355 e. The Morgan fingerprint density at radius 3 is 2.41 bits per heavy atom. The number of halogens is 1. The van der Waals surface area contributed by atoms with E-state index < -0.39 is 5.97 Å². The van der Waals surface area contributed by atoms with Gasteiger partial charge in [-0.2, -0.15) is 0 Å². The molecule has 0 aliphatic heterocycles. The molecule has 0 unspecified atom stereocenters. The summed E-state index contributed by atoms with van der Waals surface area (Å²) in [5.74, 6) is -0.478. The van der Waals surface area contributed by atoms with Crippen LogP contribution in [-0.4, -0.2) is 39.4 Å². The number of carbonyl (C=O) groups is 1. The zero-order chi connectivity index (χ0) is 20.0. The van der Waals surface area contributed by atoms with Gasteiger partial charge in [0.25, 0.3) is 0 Å². The Balaban J connectivity index is 2.71. The van der Waals surface area contributed by atoms with E-state index in [9.17, 15) is 20.1 Å². The lowest BCUT2D eigenvalue weighted by atomic mass is 9.92. The van der Waals surface area contributed by atoms with Gasteiger partial charge in [-0.25, -0.2) is 4.79 Å². The second kappa shape index (κ2) is 10.0. The zero-order valence-electron chi connectivity index (χ0n) is 15.4. The number of rotatable bonds is 9. The van der Waals surface area contributed by atoms with Gasteiger partial charge in [0.1, 0.15) is 5.69 Å². The van der Waals surface area contributed by atoms with Crippen LogP contribution in [0.4, 0.5) is 0 Å². The van der Waals surface area contributed by atoms with Crippen molar-refractivity contribution in [1.29, 1.82) is 0 Å². The summed E-state index contributed by atoms with van der Waals surface area (Å²) in [6.07, 6.45) is 0. The van der Waals surface area contributed by atoms with Gasteiger partial charge in [0.2, 0.25) is 0 Å². The van der Waals surface area contributed by atoms with Crippen molar-refractivity contribution >= 4 is 21.9 Å². The lowest BCUT2D eigenvalue weighted by molar-refractivity contribution is 0.0519. The van der Waals surface area contributed by atoms with Crippen molar-refractivity contribution < 1.29 is 24.9 Å². The summed E-state index contributed by atoms with van der Waals surface area (Å²) in [4.78, 5) is 15.4. The molecule has 1 heterocycles. The molecule has 5 N–H and O–H groups in total. The Labute approximate surface area is 166 Å². The van der Waals surface area contributed by atoms with Crippen LogP contribution < -0.4 is 5.32 Å². The third kappa shape index (κ3) is 4.41. The summed E-state index contributed by atoms with van der Waals surface area (Å²) < 4.78 is 5.64. The van der Waals surface area contributed by atoms with Gasteiger partial charge in [-0.05, 0) is 51.7 Å². The quantitative estimate of drug-likeness (QED) is 0.382. The number of hydrogen-bond acceptors (Lipinski definition) is 6. The summed E-state index contributed by atoms with van der Waals surface area (Å²) in [5.41, 5.74) is 3.97. The number of aromatic amines is 1. The molecule has 0 bridgehead atoms. The number of benzene rings is 1. The first-order valence-corrected chi connectivity index (χ1v) is 9.57. The summed E-state index contributed by atoms with van der Waals surface area (Å²) in [7, 11) is 0. The van der Waals surface area contributed by atoms with Crippen LogP contribution in [-0.2, 0) is 31.1 Å². The van der Waals surface area contributed by atoms with Gasteiger partial charge < -0.3 is 30.4 Å². The molecule has 0 amide bonds. The van der Waals surface area contributed by atoms with E-state index in [1.54, 1.807) is 19.1 Å². The number of carbonyl (C=O) groups excluding carboxylic acids is 1. The summed E-state index contributed by atoms with van der Waals surface area (Å²) in [6.45, 7) is 4.32. The Kier molecular flexibility index (Phi) is 8.00. The SMILES string of the molecule is CCNCc1[nH]c(C(=O)OCC)c(Br)c1-c1ccc(CO)c(CO)c1CO. The van der Waals surface area contributed by atoms with E-state index in [0.717, 1.165) is 12.2 Å². The monoisotopic (exact) mass is 440 g/mol. The van der Waals surface area contributed by atoms with Gasteiger partial charge in [-0.3, -0.25) is 0 Å². The number of esters is 1. The van der Waals surface area contributed by atoms with Gasteiger partial charge in [-0.1, -0.05) is 19.1 Å². The van der Waals surface area contributed by atoms with Crippen molar-refractivity contribution in [1.82, 2.24) is 10.3 Å². The smallest absolute Gasteiger partial charge is 0.355 e. The molecule has 148 valence electrons. The van der Waals surface area contributed by atoms with Gasteiger partial charge in [0, 0.05) is 17.8 Å². The molecule has 0 aliphatic carbocycles. The maximum absolute atomic E-state index is 12.3. The molecule has 2 aromatic rings. The second-order valence-corrected chi connectivity index (χ2v) is 6.67. The Morgan fingerprint density at radius 1 is 1.15 bits per heavy atom. The van der Waals surface area contributed by atoms with Crippen LogP contribution in [0.3, 0.4) is 0 Å². The molecule has 8 heteroatoms. The van der Waals surface area contributed by atoms with Crippen molar-refractivity contribution in [2.24, 2.45) is 0 Å². The molecule has 1 aromatic heterocycles. The predicted molar refractivity (Wildman–Crippen MR) is 105 cm³/mol. The minimum Gasteiger partial charge on any atom is -0.461 e. The third-order valence-corrected chi connectivity index (χ3v) is 5.13. The van der Waals surface area contributed by atoms with E-state index in [1.165, 1.54) is 0 Å². The summed E-state index contributed by atoms with van der Waals surface area (Å²) in [6, 6.07) is 3.48. The Morgan fingerprint density at radius 2 is 1.85 bits per heavy atom. The minimum absolute atomic E-state index is 0.240. The van der Waals surface area contributed by atoms with Gasteiger partial charge >= 0.3 is 5.97 Å². The first-order valence-electron chi connectivity index (χ1n) is 8.78. The highest BCUT2D eigenvalue weighted by Crippen LogP contribution is 2.39. The van der Waals surface area contributed by atoms with Crippen LogP contribution >= 0.6 is 15.9 Å². The third-order valence-electron chi connectivity index (χ3n) is 4.33. The molecular weight excluding hydrogens is 416 g/mol. The second-order valence-electron chi connectivity index (χ2n) is 5.87. The van der Waals surface area contributed by atoms with Crippen LogP contribution in [0.15, 0.2) is 16.6 Å². The van der Waals surface area contributed by atoms with Gasteiger partial charge in [0.05, 0.1) is 30.9 Å². The van der Waals surface area contributed by atoms with E-state index in [2.05, 4.69) is 26.2 Å².